The van der Waals surface area contributed by atoms with Crippen molar-refractivity contribution in [1.29, 1.82) is 0 Å². The molecular formula is C15H11NO2. The Morgan fingerprint density at radius 1 is 1.22 bits per heavy atom. The number of ketones is 1. The first-order valence-electron chi connectivity index (χ1n) is 6.10. The highest BCUT2D eigenvalue weighted by atomic mass is 16.5. The highest BCUT2D eigenvalue weighted by Gasteiger charge is 2.18. The summed E-state index contributed by atoms with van der Waals surface area (Å²) in [6.45, 7) is 0.740. The van der Waals surface area contributed by atoms with Gasteiger partial charge >= 0.3 is 0 Å². The van der Waals surface area contributed by atoms with Crippen LogP contribution in [0.4, 0.5) is 0 Å². The van der Waals surface area contributed by atoms with E-state index in [1.165, 1.54) is 5.56 Å². The van der Waals surface area contributed by atoms with Gasteiger partial charge in [-0.25, -0.2) is 4.98 Å². The van der Waals surface area contributed by atoms with Crippen molar-refractivity contribution in [1.82, 2.24) is 4.98 Å². The summed E-state index contributed by atoms with van der Waals surface area (Å²) < 4.78 is 5.56. The first-order chi connectivity index (χ1) is 8.81. The smallest absolute Gasteiger partial charge is 0.160 e. The molecule has 0 fully saturated rings. The van der Waals surface area contributed by atoms with Gasteiger partial charge in [0.1, 0.15) is 5.75 Å². The number of nitrogens with zero attached hydrogens (tertiary/aromatic N) is 1. The lowest BCUT2D eigenvalue weighted by molar-refractivity contribution is -0.114. The van der Waals surface area contributed by atoms with Crippen molar-refractivity contribution >= 4 is 22.8 Å². The Labute approximate surface area is 104 Å². The topological polar surface area (TPSA) is 39.2 Å². The van der Waals surface area contributed by atoms with E-state index in [-0.39, 0.29) is 5.78 Å². The Bertz CT molecular complexity index is 716. The van der Waals surface area contributed by atoms with E-state index in [0.717, 1.165) is 40.9 Å². The molecule has 1 aromatic heterocycles. The van der Waals surface area contributed by atoms with Crippen LogP contribution in [0, 0.1) is 0 Å². The minimum atomic E-state index is 0.146. The second kappa shape index (κ2) is 3.42. The van der Waals surface area contributed by atoms with Crippen molar-refractivity contribution in [2.75, 3.05) is 6.61 Å². The lowest BCUT2D eigenvalue weighted by atomic mass is 9.97. The molecule has 0 spiro atoms. The Hall–Kier alpha value is -2.16. The SMILES string of the molecule is O=C1C=Cc2nc3ccc4c(c3cc2C1)CCO4. The molecule has 0 saturated carbocycles. The molecule has 0 atom stereocenters. The van der Waals surface area contributed by atoms with Gasteiger partial charge in [0.25, 0.3) is 0 Å². The van der Waals surface area contributed by atoms with Crippen molar-refractivity contribution in [3.8, 4) is 5.75 Å². The quantitative estimate of drug-likeness (QED) is 0.705. The Balaban J connectivity index is 2.03. The third-order valence-corrected chi connectivity index (χ3v) is 3.58. The standard InChI is InChI=1S/C15H11NO2/c17-10-1-2-13-9(7-10)8-12-11-5-6-18-15(11)4-3-14(12)16-13/h1-4,8H,5-7H2. The average Bonchev–Trinajstić information content (AvgIpc) is 2.85. The fraction of sp³-hybridized carbons (Fsp3) is 0.200. The summed E-state index contributed by atoms with van der Waals surface area (Å²) in [5.74, 6) is 1.11. The van der Waals surface area contributed by atoms with E-state index in [2.05, 4.69) is 11.1 Å². The van der Waals surface area contributed by atoms with E-state index in [9.17, 15) is 4.79 Å². The zero-order chi connectivity index (χ0) is 12.1. The number of fused-ring (bicyclic) bond motifs is 4. The number of benzene rings is 1. The maximum atomic E-state index is 11.5. The predicted molar refractivity (Wildman–Crippen MR) is 68.7 cm³/mol. The number of carbonyl (C=O) groups is 1. The van der Waals surface area contributed by atoms with Crippen LogP contribution in [0.15, 0.2) is 24.3 Å². The van der Waals surface area contributed by atoms with Gasteiger partial charge < -0.3 is 4.74 Å². The maximum absolute atomic E-state index is 11.5. The molecule has 0 N–H and O–H groups in total. The van der Waals surface area contributed by atoms with Crippen molar-refractivity contribution in [2.24, 2.45) is 0 Å². The first-order valence-corrected chi connectivity index (χ1v) is 6.10. The third-order valence-electron chi connectivity index (χ3n) is 3.58. The van der Waals surface area contributed by atoms with Crippen molar-refractivity contribution in [3.63, 3.8) is 0 Å². The molecule has 88 valence electrons. The van der Waals surface area contributed by atoms with Crippen molar-refractivity contribution in [3.05, 3.63) is 41.1 Å². The van der Waals surface area contributed by atoms with Gasteiger partial charge in [-0.05, 0) is 35.9 Å². The molecule has 0 radical (unpaired) electrons. The normalized spacial score (nSPS) is 16.6. The summed E-state index contributed by atoms with van der Waals surface area (Å²) in [5.41, 5.74) is 4.15. The van der Waals surface area contributed by atoms with E-state index in [1.54, 1.807) is 6.08 Å². The number of hydrogen-bond donors (Lipinski definition) is 0. The number of allylic oxidation sites excluding steroid dienone is 1. The number of pyridine rings is 1. The van der Waals surface area contributed by atoms with Crippen LogP contribution in [0.1, 0.15) is 16.8 Å². The highest BCUT2D eigenvalue weighted by Crippen LogP contribution is 2.33. The first kappa shape index (κ1) is 9.83. The van der Waals surface area contributed by atoms with Crippen molar-refractivity contribution < 1.29 is 9.53 Å². The van der Waals surface area contributed by atoms with E-state index in [0.29, 0.717) is 6.42 Å². The molecule has 18 heavy (non-hydrogen) atoms. The largest absolute Gasteiger partial charge is 0.493 e. The molecule has 1 aromatic carbocycles. The van der Waals surface area contributed by atoms with E-state index in [4.69, 9.17) is 4.74 Å². The molecule has 2 aromatic rings. The molecule has 1 aliphatic carbocycles. The molecule has 0 amide bonds. The molecule has 2 aliphatic rings. The molecule has 4 rings (SSSR count). The van der Waals surface area contributed by atoms with Gasteiger partial charge in [-0.3, -0.25) is 4.79 Å². The second-order valence-corrected chi connectivity index (χ2v) is 4.72. The number of ether oxygens (including phenoxy) is 1. The summed E-state index contributed by atoms with van der Waals surface area (Å²) in [5, 5.41) is 1.13. The lowest BCUT2D eigenvalue weighted by Gasteiger charge is -2.11. The number of aromatic nitrogens is 1. The second-order valence-electron chi connectivity index (χ2n) is 4.72. The van der Waals surface area contributed by atoms with Crippen LogP contribution >= 0.6 is 0 Å². The maximum Gasteiger partial charge on any atom is 0.160 e. The molecule has 3 nitrogen and oxygen atoms in total. The summed E-state index contributed by atoms with van der Waals surface area (Å²) >= 11 is 0. The number of hydrogen-bond acceptors (Lipinski definition) is 3. The number of carbonyl (C=O) groups excluding carboxylic acids is 1. The monoisotopic (exact) mass is 237 g/mol. The lowest BCUT2D eigenvalue weighted by Crippen LogP contribution is -2.07. The van der Waals surface area contributed by atoms with Gasteiger partial charge in [0.15, 0.2) is 5.78 Å². The van der Waals surface area contributed by atoms with Gasteiger partial charge in [-0.2, -0.15) is 0 Å². The Morgan fingerprint density at radius 3 is 3.11 bits per heavy atom. The fourth-order valence-corrected chi connectivity index (χ4v) is 2.70. The average molecular weight is 237 g/mol. The van der Waals surface area contributed by atoms with Crippen LogP contribution < -0.4 is 4.74 Å². The van der Waals surface area contributed by atoms with Crippen molar-refractivity contribution in [2.45, 2.75) is 12.8 Å². The molecule has 0 bridgehead atoms. The summed E-state index contributed by atoms with van der Waals surface area (Å²) in [6.07, 6.45) is 4.80. The van der Waals surface area contributed by atoms with Crippen LogP contribution in [0.5, 0.6) is 5.75 Å². The number of rotatable bonds is 0. The third kappa shape index (κ3) is 1.30. The van der Waals surface area contributed by atoms with E-state index >= 15 is 0 Å². The van der Waals surface area contributed by atoms with E-state index < -0.39 is 0 Å². The Kier molecular flexibility index (Phi) is 1.87. The van der Waals surface area contributed by atoms with Crippen LogP contribution in [0.25, 0.3) is 17.0 Å². The molecule has 3 heteroatoms. The molecule has 0 saturated heterocycles. The van der Waals surface area contributed by atoms with Crippen LogP contribution in [-0.2, 0) is 17.6 Å². The Morgan fingerprint density at radius 2 is 2.17 bits per heavy atom. The van der Waals surface area contributed by atoms with Gasteiger partial charge in [0, 0.05) is 23.8 Å². The van der Waals surface area contributed by atoms with E-state index in [1.807, 2.05) is 18.2 Å². The highest BCUT2D eigenvalue weighted by molar-refractivity contribution is 5.99. The van der Waals surface area contributed by atoms with Gasteiger partial charge in [-0.15, -0.1) is 0 Å². The minimum absolute atomic E-state index is 0.146. The van der Waals surface area contributed by atoms with Crippen LogP contribution in [0.2, 0.25) is 0 Å². The minimum Gasteiger partial charge on any atom is -0.493 e. The molecular weight excluding hydrogens is 226 g/mol. The summed E-state index contributed by atoms with van der Waals surface area (Å²) in [7, 11) is 0. The van der Waals surface area contributed by atoms with Crippen LogP contribution in [-0.4, -0.2) is 17.4 Å². The summed E-state index contributed by atoms with van der Waals surface area (Å²) in [4.78, 5) is 16.1. The zero-order valence-electron chi connectivity index (χ0n) is 9.77. The summed E-state index contributed by atoms with van der Waals surface area (Å²) in [6, 6.07) is 6.08. The molecule has 0 unspecified atom stereocenters. The fourth-order valence-electron chi connectivity index (χ4n) is 2.70. The molecule has 1 aliphatic heterocycles. The zero-order valence-corrected chi connectivity index (χ0v) is 9.77. The van der Waals surface area contributed by atoms with Gasteiger partial charge in [0.05, 0.1) is 17.8 Å². The predicted octanol–water partition coefficient (Wildman–Crippen LogP) is 2.31. The van der Waals surface area contributed by atoms with Gasteiger partial charge in [-0.1, -0.05) is 0 Å². The molecule has 2 heterocycles. The van der Waals surface area contributed by atoms with Crippen LogP contribution in [0.3, 0.4) is 0 Å². The van der Waals surface area contributed by atoms with Gasteiger partial charge in [0.2, 0.25) is 0 Å².